The van der Waals surface area contributed by atoms with E-state index in [1.54, 1.807) is 25.1 Å². The second-order valence-electron chi connectivity index (χ2n) is 8.23. The molecule has 2 amide bonds. The lowest BCUT2D eigenvalue weighted by Gasteiger charge is -2.30. The number of para-hydroxylation sites is 1. The molecule has 32 heavy (non-hydrogen) atoms. The number of carbonyl (C=O) groups excluding carboxylic acids is 2. The number of halogens is 2. The van der Waals surface area contributed by atoms with Gasteiger partial charge in [-0.05, 0) is 55.5 Å². The van der Waals surface area contributed by atoms with Crippen LogP contribution in [0.5, 0.6) is 5.75 Å². The third-order valence-electron chi connectivity index (χ3n) is 5.42. The van der Waals surface area contributed by atoms with Crippen molar-refractivity contribution < 1.29 is 14.3 Å². The van der Waals surface area contributed by atoms with Crippen LogP contribution in [0.1, 0.15) is 58.1 Å². The van der Waals surface area contributed by atoms with Crippen LogP contribution >= 0.6 is 23.2 Å². The van der Waals surface area contributed by atoms with Crippen LogP contribution in [0.15, 0.2) is 42.5 Å². The van der Waals surface area contributed by atoms with Gasteiger partial charge >= 0.3 is 0 Å². The molecular formula is C25H32Cl2N2O3. The molecule has 0 bridgehead atoms. The molecule has 2 atom stereocenters. The monoisotopic (exact) mass is 478 g/mol. The van der Waals surface area contributed by atoms with Crippen LogP contribution in [0, 0.1) is 0 Å². The summed E-state index contributed by atoms with van der Waals surface area (Å²) in [7, 11) is 0. The number of rotatable bonds is 10. The Kier molecular flexibility index (Phi) is 9.85. The van der Waals surface area contributed by atoms with Gasteiger partial charge in [0.1, 0.15) is 11.8 Å². The number of hydrogen-bond donors (Lipinski definition) is 1. The van der Waals surface area contributed by atoms with E-state index in [0.29, 0.717) is 21.4 Å². The molecular weight excluding hydrogens is 447 g/mol. The number of ether oxygens (including phenoxy) is 1. The molecule has 0 aliphatic carbocycles. The Bertz CT molecular complexity index is 933. The summed E-state index contributed by atoms with van der Waals surface area (Å²) in [5, 5.41) is 3.89. The van der Waals surface area contributed by atoms with Crippen LogP contribution in [0.25, 0.3) is 0 Å². The van der Waals surface area contributed by atoms with E-state index in [1.807, 2.05) is 38.1 Å². The van der Waals surface area contributed by atoms with E-state index in [1.165, 1.54) is 4.90 Å². The molecule has 0 unspecified atom stereocenters. The number of amides is 2. The maximum Gasteiger partial charge on any atom is 0.261 e. The predicted molar refractivity (Wildman–Crippen MR) is 130 cm³/mol. The van der Waals surface area contributed by atoms with E-state index < -0.39 is 6.04 Å². The van der Waals surface area contributed by atoms with Crippen molar-refractivity contribution in [3.63, 3.8) is 0 Å². The molecule has 5 nitrogen and oxygen atoms in total. The molecule has 0 aromatic heterocycles. The van der Waals surface area contributed by atoms with Crippen LogP contribution < -0.4 is 10.1 Å². The van der Waals surface area contributed by atoms with E-state index in [9.17, 15) is 9.59 Å². The molecule has 2 aromatic rings. The Morgan fingerprint density at radius 1 is 1.06 bits per heavy atom. The van der Waals surface area contributed by atoms with Crippen LogP contribution in [-0.4, -0.2) is 35.4 Å². The van der Waals surface area contributed by atoms with Gasteiger partial charge in [0, 0.05) is 22.6 Å². The van der Waals surface area contributed by atoms with Gasteiger partial charge in [-0.2, -0.15) is 0 Å². The van der Waals surface area contributed by atoms with Gasteiger partial charge in [-0.25, -0.2) is 0 Å². The first-order valence-electron chi connectivity index (χ1n) is 10.9. The molecule has 0 fully saturated rings. The Labute approximate surface area is 201 Å². The third kappa shape index (κ3) is 7.14. The van der Waals surface area contributed by atoms with Gasteiger partial charge in [0.15, 0.2) is 6.61 Å². The lowest BCUT2D eigenvalue weighted by molar-refractivity contribution is -0.142. The molecule has 0 saturated heterocycles. The molecule has 174 valence electrons. The molecule has 0 aliphatic rings. The number of hydrogen-bond acceptors (Lipinski definition) is 3. The second-order valence-corrected chi connectivity index (χ2v) is 9.08. The zero-order chi connectivity index (χ0) is 23.8. The lowest BCUT2D eigenvalue weighted by Crippen LogP contribution is -2.50. The minimum atomic E-state index is -0.702. The van der Waals surface area contributed by atoms with E-state index in [4.69, 9.17) is 27.9 Å². The zero-order valence-electron chi connectivity index (χ0n) is 19.3. The van der Waals surface area contributed by atoms with Crippen molar-refractivity contribution in [3.8, 4) is 5.75 Å². The fraction of sp³-hybridized carbons (Fsp3) is 0.440. The minimum absolute atomic E-state index is 0.00944. The van der Waals surface area contributed by atoms with Crippen molar-refractivity contribution >= 4 is 35.0 Å². The summed E-state index contributed by atoms with van der Waals surface area (Å²) in [6.45, 7) is 9.75. The largest absolute Gasteiger partial charge is 0.483 e. The summed E-state index contributed by atoms with van der Waals surface area (Å²) >= 11 is 12.4. The van der Waals surface area contributed by atoms with Crippen molar-refractivity contribution in [1.29, 1.82) is 0 Å². The first-order valence-corrected chi connectivity index (χ1v) is 11.6. The average Bonchev–Trinajstić information content (AvgIpc) is 2.76. The molecule has 1 N–H and O–H groups in total. The van der Waals surface area contributed by atoms with Crippen molar-refractivity contribution in [3.05, 3.63) is 63.6 Å². The summed E-state index contributed by atoms with van der Waals surface area (Å²) in [5.41, 5.74) is 1.73. The van der Waals surface area contributed by atoms with Gasteiger partial charge < -0.3 is 15.0 Å². The average molecular weight is 479 g/mol. The van der Waals surface area contributed by atoms with Crippen molar-refractivity contribution in [1.82, 2.24) is 10.2 Å². The molecule has 0 heterocycles. The SMILES string of the molecule is CC[C@H](C)NC(=O)[C@H](C)N(Cc1ccc(Cl)cc1Cl)C(=O)COc1ccccc1C(C)C. The Morgan fingerprint density at radius 3 is 2.38 bits per heavy atom. The van der Waals surface area contributed by atoms with Crippen LogP contribution in [0.2, 0.25) is 10.0 Å². The molecule has 0 aliphatic heterocycles. The number of nitrogens with zero attached hydrogens (tertiary/aromatic N) is 1. The Hall–Kier alpha value is -2.24. The first-order chi connectivity index (χ1) is 15.1. The van der Waals surface area contributed by atoms with E-state index in [2.05, 4.69) is 19.2 Å². The van der Waals surface area contributed by atoms with Gasteiger partial charge in [0.25, 0.3) is 5.91 Å². The predicted octanol–water partition coefficient (Wildman–Crippen LogP) is 5.83. The van der Waals surface area contributed by atoms with Crippen LogP contribution in [-0.2, 0) is 16.1 Å². The van der Waals surface area contributed by atoms with Crippen molar-refractivity contribution in [2.75, 3.05) is 6.61 Å². The van der Waals surface area contributed by atoms with E-state index >= 15 is 0 Å². The van der Waals surface area contributed by atoms with E-state index in [0.717, 1.165) is 12.0 Å². The van der Waals surface area contributed by atoms with Crippen molar-refractivity contribution in [2.45, 2.75) is 65.6 Å². The van der Waals surface area contributed by atoms with Gasteiger partial charge in [-0.1, -0.05) is 68.2 Å². The molecule has 0 spiro atoms. The zero-order valence-corrected chi connectivity index (χ0v) is 20.8. The van der Waals surface area contributed by atoms with Crippen LogP contribution in [0.3, 0.4) is 0 Å². The Morgan fingerprint density at radius 2 is 1.75 bits per heavy atom. The standard InChI is InChI=1S/C25H32Cl2N2O3/c1-6-17(4)28-25(31)18(5)29(14-19-11-12-20(26)13-22(19)27)24(30)15-32-23-10-8-7-9-21(23)16(2)3/h7-13,16-18H,6,14-15H2,1-5H3,(H,28,31)/t17-,18-/m0/s1. The second kappa shape index (κ2) is 12.1. The highest BCUT2D eigenvalue weighted by Crippen LogP contribution is 2.26. The first kappa shape index (κ1) is 26.0. The maximum absolute atomic E-state index is 13.2. The van der Waals surface area contributed by atoms with Gasteiger partial charge in [0.2, 0.25) is 5.91 Å². The van der Waals surface area contributed by atoms with E-state index in [-0.39, 0.29) is 36.9 Å². The molecule has 2 rings (SSSR count). The fourth-order valence-corrected chi connectivity index (χ4v) is 3.66. The smallest absolute Gasteiger partial charge is 0.261 e. The normalized spacial score (nSPS) is 12.9. The highest BCUT2D eigenvalue weighted by molar-refractivity contribution is 6.35. The summed E-state index contributed by atoms with van der Waals surface area (Å²) in [5.74, 6) is 0.393. The van der Waals surface area contributed by atoms with Crippen molar-refractivity contribution in [2.24, 2.45) is 0 Å². The third-order valence-corrected chi connectivity index (χ3v) is 6.00. The topological polar surface area (TPSA) is 58.6 Å². The number of carbonyl (C=O) groups is 2. The molecule has 0 radical (unpaired) electrons. The van der Waals surface area contributed by atoms with Crippen LogP contribution in [0.4, 0.5) is 0 Å². The summed E-state index contributed by atoms with van der Waals surface area (Å²) in [6, 6.07) is 12.1. The lowest BCUT2D eigenvalue weighted by atomic mass is 10.0. The maximum atomic E-state index is 13.2. The van der Waals surface area contributed by atoms with Gasteiger partial charge in [-0.3, -0.25) is 9.59 Å². The quantitative estimate of drug-likeness (QED) is 0.467. The highest BCUT2D eigenvalue weighted by Gasteiger charge is 2.28. The molecule has 0 saturated carbocycles. The summed E-state index contributed by atoms with van der Waals surface area (Å²) < 4.78 is 5.88. The minimum Gasteiger partial charge on any atom is -0.483 e. The number of nitrogens with one attached hydrogen (secondary N) is 1. The Balaban J connectivity index is 2.24. The summed E-state index contributed by atoms with van der Waals surface area (Å²) in [4.78, 5) is 27.5. The molecule has 7 heteroatoms. The fourth-order valence-electron chi connectivity index (χ4n) is 3.19. The molecule has 2 aromatic carbocycles. The highest BCUT2D eigenvalue weighted by atomic mass is 35.5. The van der Waals surface area contributed by atoms with Gasteiger partial charge in [-0.15, -0.1) is 0 Å². The van der Waals surface area contributed by atoms with Gasteiger partial charge in [0.05, 0.1) is 0 Å². The number of benzene rings is 2. The summed E-state index contributed by atoms with van der Waals surface area (Å²) in [6.07, 6.45) is 0.796.